The maximum atomic E-state index is 9.26. The van der Waals surface area contributed by atoms with Gasteiger partial charge in [-0.25, -0.2) is 0 Å². The SMILES string of the molecule is CNC1CN(C(C#N)c2ccc(OC)cc2)C1. The van der Waals surface area contributed by atoms with Gasteiger partial charge in [0.15, 0.2) is 0 Å². The number of likely N-dealkylation sites (N-methyl/N-ethyl adjacent to an activating group) is 1. The first kappa shape index (κ1) is 11.9. The van der Waals surface area contributed by atoms with Gasteiger partial charge >= 0.3 is 0 Å². The molecule has 0 spiro atoms. The molecule has 1 aliphatic rings. The zero-order valence-electron chi connectivity index (χ0n) is 10.2. The Hall–Kier alpha value is -1.57. The Kier molecular flexibility index (Phi) is 3.62. The molecule has 1 aromatic carbocycles. The van der Waals surface area contributed by atoms with Crippen molar-refractivity contribution in [2.75, 3.05) is 27.2 Å². The first-order valence-electron chi connectivity index (χ1n) is 5.73. The fraction of sp³-hybridized carbons (Fsp3) is 0.462. The van der Waals surface area contributed by atoms with Crippen LogP contribution in [0.15, 0.2) is 24.3 Å². The first-order valence-corrected chi connectivity index (χ1v) is 5.73. The normalized spacial score (nSPS) is 18.2. The number of nitrogens with zero attached hydrogens (tertiary/aromatic N) is 2. The Morgan fingerprint density at radius 1 is 1.41 bits per heavy atom. The third-order valence-electron chi connectivity index (χ3n) is 3.24. The van der Waals surface area contributed by atoms with Crippen molar-refractivity contribution in [3.63, 3.8) is 0 Å². The largest absolute Gasteiger partial charge is 0.497 e. The Balaban J connectivity index is 2.06. The summed E-state index contributed by atoms with van der Waals surface area (Å²) in [7, 11) is 3.60. The van der Waals surface area contributed by atoms with E-state index in [1.54, 1.807) is 7.11 Å². The van der Waals surface area contributed by atoms with Crippen LogP contribution in [0, 0.1) is 11.3 Å². The van der Waals surface area contributed by atoms with E-state index in [9.17, 15) is 5.26 Å². The van der Waals surface area contributed by atoms with E-state index in [1.165, 1.54) is 0 Å². The van der Waals surface area contributed by atoms with Crippen LogP contribution in [-0.2, 0) is 0 Å². The van der Waals surface area contributed by atoms with Gasteiger partial charge < -0.3 is 10.1 Å². The van der Waals surface area contributed by atoms with Crippen LogP contribution in [0.4, 0.5) is 0 Å². The lowest BCUT2D eigenvalue weighted by Crippen LogP contribution is -2.57. The molecule has 0 bridgehead atoms. The average molecular weight is 231 g/mol. The number of hydrogen-bond acceptors (Lipinski definition) is 4. The van der Waals surface area contributed by atoms with Crippen LogP contribution in [0.2, 0.25) is 0 Å². The molecule has 90 valence electrons. The van der Waals surface area contributed by atoms with Crippen LogP contribution >= 0.6 is 0 Å². The maximum absolute atomic E-state index is 9.26. The van der Waals surface area contributed by atoms with Crippen LogP contribution in [0.5, 0.6) is 5.75 Å². The molecule has 4 nitrogen and oxygen atoms in total. The molecule has 1 atom stereocenters. The van der Waals surface area contributed by atoms with E-state index in [1.807, 2.05) is 31.3 Å². The molecule has 0 aliphatic carbocycles. The molecule has 1 unspecified atom stereocenters. The number of likely N-dealkylation sites (tertiary alicyclic amines) is 1. The van der Waals surface area contributed by atoms with E-state index in [0.29, 0.717) is 6.04 Å². The van der Waals surface area contributed by atoms with Gasteiger partial charge in [0.1, 0.15) is 11.8 Å². The molecule has 0 amide bonds. The highest BCUT2D eigenvalue weighted by atomic mass is 16.5. The van der Waals surface area contributed by atoms with E-state index < -0.39 is 0 Å². The molecular formula is C13H17N3O. The van der Waals surface area contributed by atoms with Gasteiger partial charge in [-0.3, -0.25) is 4.90 Å². The molecule has 0 radical (unpaired) electrons. The van der Waals surface area contributed by atoms with Crippen molar-refractivity contribution in [1.82, 2.24) is 10.2 Å². The Morgan fingerprint density at radius 2 is 2.06 bits per heavy atom. The standard InChI is InChI=1S/C13H17N3O/c1-15-11-8-16(9-11)13(7-14)10-3-5-12(17-2)6-4-10/h3-6,11,13,15H,8-9H2,1-2H3. The zero-order valence-corrected chi connectivity index (χ0v) is 10.2. The molecule has 1 aromatic rings. The molecule has 1 fully saturated rings. The lowest BCUT2D eigenvalue weighted by molar-refractivity contribution is 0.104. The third kappa shape index (κ3) is 2.41. The molecule has 1 aliphatic heterocycles. The molecular weight excluding hydrogens is 214 g/mol. The van der Waals surface area contributed by atoms with Crippen molar-refractivity contribution in [2.24, 2.45) is 0 Å². The molecule has 0 aromatic heterocycles. The van der Waals surface area contributed by atoms with Gasteiger partial charge in [-0.1, -0.05) is 12.1 Å². The van der Waals surface area contributed by atoms with Crippen LogP contribution in [0.3, 0.4) is 0 Å². The minimum Gasteiger partial charge on any atom is -0.497 e. The Labute approximate surface area is 102 Å². The van der Waals surface area contributed by atoms with E-state index in [0.717, 1.165) is 24.4 Å². The number of rotatable bonds is 4. The third-order valence-corrected chi connectivity index (χ3v) is 3.24. The Bertz CT molecular complexity index is 404. The van der Waals surface area contributed by atoms with Gasteiger partial charge in [0.05, 0.1) is 13.2 Å². The lowest BCUT2D eigenvalue weighted by Gasteiger charge is -2.41. The molecule has 1 heterocycles. The van der Waals surface area contributed by atoms with Gasteiger partial charge in [0.25, 0.3) is 0 Å². The van der Waals surface area contributed by atoms with Gasteiger partial charge in [0, 0.05) is 19.1 Å². The van der Waals surface area contributed by atoms with Gasteiger partial charge in [-0.2, -0.15) is 5.26 Å². The fourth-order valence-electron chi connectivity index (χ4n) is 2.06. The van der Waals surface area contributed by atoms with E-state index in [2.05, 4.69) is 16.3 Å². The minimum absolute atomic E-state index is 0.148. The second-order valence-corrected chi connectivity index (χ2v) is 4.24. The number of ether oxygens (including phenoxy) is 1. The summed E-state index contributed by atoms with van der Waals surface area (Å²) >= 11 is 0. The molecule has 2 rings (SSSR count). The van der Waals surface area contributed by atoms with E-state index in [-0.39, 0.29) is 6.04 Å². The highest BCUT2D eigenvalue weighted by Crippen LogP contribution is 2.26. The second-order valence-electron chi connectivity index (χ2n) is 4.24. The van der Waals surface area contributed by atoms with E-state index in [4.69, 9.17) is 4.74 Å². The number of nitrogens with one attached hydrogen (secondary N) is 1. The van der Waals surface area contributed by atoms with Crippen LogP contribution in [0.1, 0.15) is 11.6 Å². The van der Waals surface area contributed by atoms with Crippen LogP contribution in [-0.4, -0.2) is 38.2 Å². The quantitative estimate of drug-likeness (QED) is 0.845. The van der Waals surface area contributed by atoms with Gasteiger partial charge in [0.2, 0.25) is 0 Å². The van der Waals surface area contributed by atoms with Gasteiger partial charge in [-0.15, -0.1) is 0 Å². The maximum Gasteiger partial charge on any atom is 0.123 e. The summed E-state index contributed by atoms with van der Waals surface area (Å²) in [5.41, 5.74) is 1.03. The minimum atomic E-state index is -0.148. The van der Waals surface area contributed by atoms with E-state index >= 15 is 0 Å². The lowest BCUT2D eigenvalue weighted by atomic mass is 10.0. The first-order chi connectivity index (χ1) is 8.28. The van der Waals surface area contributed by atoms with Crippen molar-refractivity contribution in [3.8, 4) is 11.8 Å². The smallest absolute Gasteiger partial charge is 0.123 e. The highest BCUT2D eigenvalue weighted by molar-refractivity contribution is 5.32. The highest BCUT2D eigenvalue weighted by Gasteiger charge is 2.32. The summed E-state index contributed by atoms with van der Waals surface area (Å²) in [5, 5.41) is 12.5. The zero-order chi connectivity index (χ0) is 12.3. The van der Waals surface area contributed by atoms with Crippen molar-refractivity contribution in [2.45, 2.75) is 12.1 Å². The summed E-state index contributed by atoms with van der Waals surface area (Å²) in [6.45, 7) is 1.86. The summed E-state index contributed by atoms with van der Waals surface area (Å²) in [5.74, 6) is 0.821. The number of benzene rings is 1. The summed E-state index contributed by atoms with van der Waals surface area (Å²) in [6.07, 6.45) is 0. The topological polar surface area (TPSA) is 48.3 Å². The van der Waals surface area contributed by atoms with Gasteiger partial charge in [-0.05, 0) is 24.7 Å². The molecule has 17 heavy (non-hydrogen) atoms. The molecule has 4 heteroatoms. The summed E-state index contributed by atoms with van der Waals surface area (Å²) in [4.78, 5) is 2.17. The molecule has 0 saturated carbocycles. The molecule has 1 N–H and O–H groups in total. The Morgan fingerprint density at radius 3 is 2.53 bits per heavy atom. The van der Waals surface area contributed by atoms with Crippen molar-refractivity contribution >= 4 is 0 Å². The summed E-state index contributed by atoms with van der Waals surface area (Å²) in [6, 6.07) is 10.4. The van der Waals surface area contributed by atoms with Crippen molar-refractivity contribution in [3.05, 3.63) is 29.8 Å². The van der Waals surface area contributed by atoms with Crippen molar-refractivity contribution < 1.29 is 4.74 Å². The fourth-order valence-corrected chi connectivity index (χ4v) is 2.06. The average Bonchev–Trinajstić information content (AvgIpc) is 2.33. The predicted molar refractivity (Wildman–Crippen MR) is 65.8 cm³/mol. The monoisotopic (exact) mass is 231 g/mol. The predicted octanol–water partition coefficient (Wildman–Crippen LogP) is 1.16. The summed E-state index contributed by atoms with van der Waals surface area (Å²) < 4.78 is 5.11. The van der Waals surface area contributed by atoms with Crippen LogP contribution < -0.4 is 10.1 Å². The number of nitriles is 1. The number of methoxy groups -OCH3 is 1. The molecule has 1 saturated heterocycles. The van der Waals surface area contributed by atoms with Crippen LogP contribution in [0.25, 0.3) is 0 Å². The van der Waals surface area contributed by atoms with Crippen molar-refractivity contribution in [1.29, 1.82) is 5.26 Å². The number of hydrogen-bond donors (Lipinski definition) is 1. The second kappa shape index (κ2) is 5.17.